The number of amides is 1. The Morgan fingerprint density at radius 1 is 0.960 bits per heavy atom. The van der Waals surface area contributed by atoms with Crippen LogP contribution in [-0.2, 0) is 0 Å². The molecule has 1 aromatic carbocycles. The topological polar surface area (TPSA) is 61.4 Å². The van der Waals surface area contributed by atoms with Crippen LogP contribution < -0.4 is 15.1 Å². The minimum atomic E-state index is -0.243. The largest absolute Gasteiger partial charge is 0.378 e. The lowest BCUT2D eigenvalue weighted by Crippen LogP contribution is -2.25. The Balaban J connectivity index is 1.64. The fraction of sp³-hybridized carbons (Fsp3) is 0.421. The Kier molecular flexibility index (Phi) is 5.48. The van der Waals surface area contributed by atoms with E-state index in [4.69, 9.17) is 0 Å². The third-order valence-electron chi connectivity index (χ3n) is 4.45. The highest BCUT2D eigenvalue weighted by Gasteiger charge is 2.14. The van der Waals surface area contributed by atoms with E-state index in [1.807, 2.05) is 49.3 Å². The summed E-state index contributed by atoms with van der Waals surface area (Å²) in [5.74, 6) is 0.612. The van der Waals surface area contributed by atoms with Crippen LogP contribution in [0.15, 0.2) is 36.4 Å². The summed E-state index contributed by atoms with van der Waals surface area (Å²) in [6.07, 6.45) is 4.92. The van der Waals surface area contributed by atoms with Crippen molar-refractivity contribution in [1.29, 1.82) is 0 Å². The monoisotopic (exact) mass is 339 g/mol. The van der Waals surface area contributed by atoms with Gasteiger partial charge in [0.1, 0.15) is 0 Å². The zero-order valence-electron chi connectivity index (χ0n) is 14.9. The van der Waals surface area contributed by atoms with Crippen LogP contribution in [0.25, 0.3) is 0 Å². The van der Waals surface area contributed by atoms with Crippen molar-refractivity contribution in [2.24, 2.45) is 0 Å². The molecule has 1 saturated heterocycles. The summed E-state index contributed by atoms with van der Waals surface area (Å²) in [5.41, 5.74) is 2.16. The Bertz CT molecular complexity index is 689. The molecule has 0 unspecified atom stereocenters. The molecule has 1 fully saturated rings. The fourth-order valence-corrected chi connectivity index (χ4v) is 2.95. The zero-order valence-corrected chi connectivity index (χ0v) is 14.9. The van der Waals surface area contributed by atoms with E-state index in [9.17, 15) is 4.79 Å². The first-order valence-electron chi connectivity index (χ1n) is 8.81. The quantitative estimate of drug-likeness (QED) is 0.927. The van der Waals surface area contributed by atoms with E-state index >= 15 is 0 Å². The summed E-state index contributed by atoms with van der Waals surface area (Å²) < 4.78 is 0. The molecule has 0 aliphatic carbocycles. The molecule has 1 aromatic heterocycles. The van der Waals surface area contributed by atoms with Crippen molar-refractivity contribution in [3.8, 4) is 0 Å². The van der Waals surface area contributed by atoms with Crippen LogP contribution >= 0.6 is 0 Å². The number of nitrogens with one attached hydrogen (secondary N) is 1. The minimum Gasteiger partial charge on any atom is -0.378 e. The Hall–Kier alpha value is -2.63. The number of anilines is 3. The number of nitrogens with zero attached hydrogens (tertiary/aromatic N) is 4. The van der Waals surface area contributed by atoms with E-state index in [2.05, 4.69) is 20.4 Å². The van der Waals surface area contributed by atoms with Crippen LogP contribution in [0.3, 0.4) is 0 Å². The molecule has 0 spiro atoms. The number of aromatic nitrogens is 2. The van der Waals surface area contributed by atoms with Crippen LogP contribution in [-0.4, -0.2) is 43.3 Å². The molecule has 3 rings (SSSR count). The van der Waals surface area contributed by atoms with E-state index in [-0.39, 0.29) is 5.91 Å². The molecule has 25 heavy (non-hydrogen) atoms. The van der Waals surface area contributed by atoms with Gasteiger partial charge in [0, 0.05) is 38.6 Å². The minimum absolute atomic E-state index is 0.243. The number of benzene rings is 1. The average molecular weight is 339 g/mol. The molecule has 1 N–H and O–H groups in total. The summed E-state index contributed by atoms with van der Waals surface area (Å²) in [4.78, 5) is 16.6. The second kappa shape index (κ2) is 7.96. The third kappa shape index (κ3) is 4.47. The Morgan fingerprint density at radius 3 is 2.20 bits per heavy atom. The maximum atomic E-state index is 12.3. The second-order valence-electron chi connectivity index (χ2n) is 6.57. The van der Waals surface area contributed by atoms with E-state index in [0.29, 0.717) is 5.69 Å². The van der Waals surface area contributed by atoms with Crippen molar-refractivity contribution in [3.63, 3.8) is 0 Å². The van der Waals surface area contributed by atoms with Crippen molar-refractivity contribution in [3.05, 3.63) is 42.1 Å². The molecule has 132 valence electrons. The Labute approximate surface area is 148 Å². The molecule has 1 amide bonds. The molecule has 2 heterocycles. The van der Waals surface area contributed by atoms with Gasteiger partial charge in [0.25, 0.3) is 5.91 Å². The van der Waals surface area contributed by atoms with Gasteiger partial charge in [-0.25, -0.2) is 0 Å². The SMILES string of the molecule is CN(C)c1ccc(NC(=O)c2ccc(N3CCCCCC3)nn2)cc1. The van der Waals surface area contributed by atoms with Crippen LogP contribution in [0.5, 0.6) is 0 Å². The maximum absolute atomic E-state index is 12.3. The van der Waals surface area contributed by atoms with Gasteiger partial charge in [0.15, 0.2) is 11.5 Å². The highest BCUT2D eigenvalue weighted by Crippen LogP contribution is 2.18. The lowest BCUT2D eigenvalue weighted by Gasteiger charge is -2.20. The lowest BCUT2D eigenvalue weighted by atomic mass is 10.2. The van der Waals surface area contributed by atoms with Crippen molar-refractivity contribution < 1.29 is 4.79 Å². The molecule has 0 atom stereocenters. The van der Waals surface area contributed by atoms with Crippen LogP contribution in [0.2, 0.25) is 0 Å². The summed E-state index contributed by atoms with van der Waals surface area (Å²) in [6.45, 7) is 2.02. The van der Waals surface area contributed by atoms with Crippen molar-refractivity contribution in [2.75, 3.05) is 42.3 Å². The van der Waals surface area contributed by atoms with E-state index in [0.717, 1.165) is 30.3 Å². The van der Waals surface area contributed by atoms with Gasteiger partial charge in [-0.05, 0) is 49.2 Å². The van der Waals surface area contributed by atoms with E-state index in [1.165, 1.54) is 25.7 Å². The van der Waals surface area contributed by atoms with Gasteiger partial charge in [-0.2, -0.15) is 0 Å². The first-order valence-corrected chi connectivity index (χ1v) is 8.81. The molecular weight excluding hydrogens is 314 g/mol. The maximum Gasteiger partial charge on any atom is 0.276 e. The zero-order chi connectivity index (χ0) is 17.6. The number of hydrogen-bond donors (Lipinski definition) is 1. The van der Waals surface area contributed by atoms with Gasteiger partial charge >= 0.3 is 0 Å². The van der Waals surface area contributed by atoms with Gasteiger partial charge in [-0.1, -0.05) is 12.8 Å². The standard InChI is InChI=1S/C19H25N5O/c1-23(2)16-9-7-15(8-10-16)20-19(25)17-11-12-18(22-21-17)24-13-5-3-4-6-14-24/h7-12H,3-6,13-14H2,1-2H3,(H,20,25). The number of hydrogen-bond acceptors (Lipinski definition) is 5. The molecule has 0 bridgehead atoms. The highest BCUT2D eigenvalue weighted by atomic mass is 16.1. The molecular formula is C19H25N5O. The number of carbonyl (C=O) groups is 1. The molecule has 1 aliphatic heterocycles. The Morgan fingerprint density at radius 2 is 1.64 bits per heavy atom. The number of rotatable bonds is 4. The molecule has 0 saturated carbocycles. The molecule has 0 radical (unpaired) electrons. The normalized spacial score (nSPS) is 14.7. The van der Waals surface area contributed by atoms with Crippen molar-refractivity contribution >= 4 is 23.1 Å². The molecule has 1 aliphatic rings. The average Bonchev–Trinajstić information content (AvgIpc) is 2.92. The van der Waals surface area contributed by atoms with Crippen LogP contribution in [0, 0.1) is 0 Å². The third-order valence-corrected chi connectivity index (χ3v) is 4.45. The second-order valence-corrected chi connectivity index (χ2v) is 6.57. The van der Waals surface area contributed by atoms with E-state index < -0.39 is 0 Å². The summed E-state index contributed by atoms with van der Waals surface area (Å²) in [6, 6.07) is 11.3. The lowest BCUT2D eigenvalue weighted by molar-refractivity contribution is 0.102. The summed E-state index contributed by atoms with van der Waals surface area (Å²) >= 11 is 0. The van der Waals surface area contributed by atoms with Gasteiger partial charge in [0.2, 0.25) is 0 Å². The number of carbonyl (C=O) groups excluding carboxylic acids is 1. The fourth-order valence-electron chi connectivity index (χ4n) is 2.95. The van der Waals surface area contributed by atoms with Gasteiger partial charge in [-0.3, -0.25) is 4.79 Å². The smallest absolute Gasteiger partial charge is 0.276 e. The first kappa shape index (κ1) is 17.2. The van der Waals surface area contributed by atoms with Gasteiger partial charge in [-0.15, -0.1) is 10.2 Å². The van der Waals surface area contributed by atoms with Crippen LogP contribution in [0.4, 0.5) is 17.2 Å². The van der Waals surface area contributed by atoms with Crippen molar-refractivity contribution in [1.82, 2.24) is 10.2 Å². The predicted molar refractivity (Wildman–Crippen MR) is 101 cm³/mol. The summed E-state index contributed by atoms with van der Waals surface area (Å²) in [5, 5.41) is 11.2. The molecule has 6 nitrogen and oxygen atoms in total. The molecule has 2 aromatic rings. The van der Waals surface area contributed by atoms with Gasteiger partial charge in [0.05, 0.1) is 0 Å². The van der Waals surface area contributed by atoms with E-state index in [1.54, 1.807) is 6.07 Å². The highest BCUT2D eigenvalue weighted by molar-refractivity contribution is 6.02. The molecule has 6 heteroatoms. The van der Waals surface area contributed by atoms with Gasteiger partial charge < -0.3 is 15.1 Å². The van der Waals surface area contributed by atoms with Crippen LogP contribution in [0.1, 0.15) is 36.2 Å². The predicted octanol–water partition coefficient (Wildman–Crippen LogP) is 3.18. The first-order chi connectivity index (χ1) is 12.1. The summed E-state index contributed by atoms with van der Waals surface area (Å²) in [7, 11) is 3.96. The van der Waals surface area contributed by atoms with Crippen molar-refractivity contribution in [2.45, 2.75) is 25.7 Å².